The third-order valence-corrected chi connectivity index (χ3v) is 6.88. The molecule has 0 radical (unpaired) electrons. The molecule has 178 valence electrons. The Balaban J connectivity index is 0.000000176. The first-order chi connectivity index (χ1) is 14.9. The van der Waals surface area contributed by atoms with Gasteiger partial charge in [0, 0.05) is 25.7 Å². The lowest BCUT2D eigenvalue weighted by molar-refractivity contribution is -0.197. The molecule has 2 heterocycles. The van der Waals surface area contributed by atoms with Gasteiger partial charge in [0.2, 0.25) is 0 Å². The van der Waals surface area contributed by atoms with Crippen LogP contribution < -0.4 is 0 Å². The minimum Gasteiger partial charge on any atom is -0.466 e. The number of hydrogen-bond acceptors (Lipinski definition) is 8. The van der Waals surface area contributed by atoms with Gasteiger partial charge in [0.15, 0.2) is 11.6 Å². The minimum atomic E-state index is -0.397. The Hall–Kier alpha value is -1.22. The molecule has 2 saturated heterocycles. The molecule has 31 heavy (non-hydrogen) atoms. The van der Waals surface area contributed by atoms with Gasteiger partial charge < -0.3 is 28.4 Å². The number of ether oxygens (including phenoxy) is 6. The SMILES string of the molecule is CCOC(=O)C1(C)CCC2(CC1)OCCO2.CCOC(=O)C1CCC2(CC1)OCCO2. The monoisotopic (exact) mass is 442 g/mol. The first-order valence-corrected chi connectivity index (χ1v) is 11.8. The molecule has 0 atom stereocenters. The van der Waals surface area contributed by atoms with Gasteiger partial charge >= 0.3 is 11.9 Å². The summed E-state index contributed by atoms with van der Waals surface area (Å²) in [6, 6.07) is 0. The van der Waals surface area contributed by atoms with Gasteiger partial charge in [-0.15, -0.1) is 0 Å². The smallest absolute Gasteiger partial charge is 0.311 e. The number of carbonyl (C=O) groups is 2. The van der Waals surface area contributed by atoms with E-state index in [-0.39, 0.29) is 29.1 Å². The normalized spacial score (nSPS) is 28.0. The summed E-state index contributed by atoms with van der Waals surface area (Å²) in [7, 11) is 0. The van der Waals surface area contributed by atoms with Crippen LogP contribution in [0.4, 0.5) is 0 Å². The molecule has 4 fully saturated rings. The second kappa shape index (κ2) is 10.6. The molecule has 4 aliphatic rings. The zero-order valence-electron chi connectivity index (χ0n) is 19.2. The lowest BCUT2D eigenvalue weighted by atomic mass is 9.73. The predicted molar refractivity (Wildman–Crippen MR) is 111 cm³/mol. The van der Waals surface area contributed by atoms with Gasteiger partial charge in [0.1, 0.15) is 0 Å². The number of hydrogen-bond donors (Lipinski definition) is 0. The Morgan fingerprint density at radius 3 is 1.65 bits per heavy atom. The largest absolute Gasteiger partial charge is 0.466 e. The van der Waals surface area contributed by atoms with Crippen molar-refractivity contribution in [3.05, 3.63) is 0 Å². The first kappa shape index (κ1) is 24.4. The average Bonchev–Trinajstić information content (AvgIpc) is 3.42. The van der Waals surface area contributed by atoms with Crippen LogP contribution >= 0.6 is 0 Å². The molecule has 8 heteroatoms. The van der Waals surface area contributed by atoms with Crippen molar-refractivity contribution in [1.82, 2.24) is 0 Å². The topological polar surface area (TPSA) is 89.5 Å². The van der Waals surface area contributed by atoms with Crippen molar-refractivity contribution in [3.8, 4) is 0 Å². The third-order valence-electron chi connectivity index (χ3n) is 6.88. The van der Waals surface area contributed by atoms with Crippen molar-refractivity contribution < 1.29 is 38.0 Å². The van der Waals surface area contributed by atoms with E-state index < -0.39 is 5.79 Å². The highest BCUT2D eigenvalue weighted by molar-refractivity contribution is 5.76. The van der Waals surface area contributed by atoms with Crippen molar-refractivity contribution in [2.75, 3.05) is 39.6 Å². The Labute approximate surface area is 185 Å². The zero-order valence-corrected chi connectivity index (χ0v) is 19.2. The average molecular weight is 443 g/mol. The summed E-state index contributed by atoms with van der Waals surface area (Å²) >= 11 is 0. The van der Waals surface area contributed by atoms with Crippen LogP contribution in [-0.2, 0) is 38.0 Å². The first-order valence-electron chi connectivity index (χ1n) is 11.8. The minimum absolute atomic E-state index is 0.0448. The number of rotatable bonds is 4. The summed E-state index contributed by atoms with van der Waals surface area (Å²) in [5.74, 6) is -0.869. The summed E-state index contributed by atoms with van der Waals surface area (Å²) in [6.45, 7) is 9.30. The van der Waals surface area contributed by atoms with Crippen LogP contribution in [0.5, 0.6) is 0 Å². The quantitative estimate of drug-likeness (QED) is 0.613. The van der Waals surface area contributed by atoms with Gasteiger partial charge in [-0.2, -0.15) is 0 Å². The van der Waals surface area contributed by atoms with E-state index >= 15 is 0 Å². The Bertz CT molecular complexity index is 587. The molecular weight excluding hydrogens is 404 g/mol. The highest BCUT2D eigenvalue weighted by atomic mass is 16.7. The summed E-state index contributed by atoms with van der Waals surface area (Å²) in [5.41, 5.74) is -0.351. The molecule has 2 aliphatic carbocycles. The summed E-state index contributed by atoms with van der Waals surface area (Å²) in [5, 5.41) is 0. The molecule has 0 aromatic heterocycles. The van der Waals surface area contributed by atoms with E-state index in [2.05, 4.69) is 0 Å². The second-order valence-corrected chi connectivity index (χ2v) is 9.02. The van der Waals surface area contributed by atoms with Gasteiger partial charge in [0.25, 0.3) is 0 Å². The van der Waals surface area contributed by atoms with Crippen LogP contribution in [0.15, 0.2) is 0 Å². The molecule has 2 aliphatic heterocycles. The van der Waals surface area contributed by atoms with Crippen LogP contribution in [0, 0.1) is 11.3 Å². The fourth-order valence-corrected chi connectivity index (χ4v) is 4.82. The van der Waals surface area contributed by atoms with Crippen molar-refractivity contribution in [3.63, 3.8) is 0 Å². The molecule has 2 spiro atoms. The zero-order chi connectivity index (χ0) is 22.4. The fourth-order valence-electron chi connectivity index (χ4n) is 4.82. The maximum atomic E-state index is 11.8. The summed E-state index contributed by atoms with van der Waals surface area (Å²) < 4.78 is 32.6. The molecule has 0 amide bonds. The molecule has 0 bridgehead atoms. The molecule has 0 unspecified atom stereocenters. The molecule has 4 rings (SSSR count). The fraction of sp³-hybridized carbons (Fsp3) is 0.913. The van der Waals surface area contributed by atoms with E-state index in [9.17, 15) is 9.59 Å². The van der Waals surface area contributed by atoms with Crippen LogP contribution in [-0.4, -0.2) is 63.2 Å². The van der Waals surface area contributed by atoms with Gasteiger partial charge in [-0.25, -0.2) is 0 Å². The third kappa shape index (κ3) is 5.97. The molecule has 0 aromatic rings. The van der Waals surface area contributed by atoms with Crippen LogP contribution in [0.2, 0.25) is 0 Å². The van der Waals surface area contributed by atoms with Crippen LogP contribution in [0.25, 0.3) is 0 Å². The Morgan fingerprint density at radius 2 is 1.19 bits per heavy atom. The van der Waals surface area contributed by atoms with Crippen molar-refractivity contribution >= 4 is 11.9 Å². The maximum Gasteiger partial charge on any atom is 0.311 e. The molecule has 8 nitrogen and oxygen atoms in total. The molecular formula is C23H38O8. The maximum absolute atomic E-state index is 11.8. The second-order valence-electron chi connectivity index (χ2n) is 9.02. The van der Waals surface area contributed by atoms with E-state index in [0.29, 0.717) is 39.6 Å². The highest BCUT2D eigenvalue weighted by Gasteiger charge is 2.48. The standard InChI is InChI=1S/C12H20O4.C11H18O4/c1-3-14-10(13)11(2)4-6-12(7-5-11)15-8-9-16-12;1-2-13-10(12)9-3-5-11(6-4-9)14-7-8-15-11/h3-9H2,1-2H3;9H,2-8H2,1H3. The Morgan fingerprint density at radius 1 is 0.742 bits per heavy atom. The highest BCUT2D eigenvalue weighted by Crippen LogP contribution is 2.45. The van der Waals surface area contributed by atoms with E-state index in [1.165, 1.54) is 0 Å². The van der Waals surface area contributed by atoms with Gasteiger partial charge in [-0.05, 0) is 46.5 Å². The molecule has 0 aromatic carbocycles. The summed E-state index contributed by atoms with van der Waals surface area (Å²) in [4.78, 5) is 23.3. The van der Waals surface area contributed by atoms with E-state index in [0.717, 1.165) is 51.4 Å². The van der Waals surface area contributed by atoms with E-state index in [4.69, 9.17) is 28.4 Å². The van der Waals surface area contributed by atoms with Crippen LogP contribution in [0.3, 0.4) is 0 Å². The van der Waals surface area contributed by atoms with Gasteiger partial charge in [0.05, 0.1) is 51.0 Å². The number of esters is 2. The van der Waals surface area contributed by atoms with E-state index in [1.807, 2.05) is 20.8 Å². The lowest BCUT2D eigenvalue weighted by Gasteiger charge is -2.39. The Kier molecular flexibility index (Phi) is 8.35. The lowest BCUT2D eigenvalue weighted by Crippen LogP contribution is -2.42. The number of carbonyl (C=O) groups excluding carboxylic acids is 2. The van der Waals surface area contributed by atoms with Crippen LogP contribution in [0.1, 0.15) is 72.1 Å². The van der Waals surface area contributed by atoms with Crippen molar-refractivity contribution in [2.24, 2.45) is 11.3 Å². The molecule has 2 saturated carbocycles. The van der Waals surface area contributed by atoms with E-state index in [1.54, 1.807) is 0 Å². The van der Waals surface area contributed by atoms with Crippen molar-refractivity contribution in [1.29, 1.82) is 0 Å². The van der Waals surface area contributed by atoms with Gasteiger partial charge in [-0.1, -0.05) is 0 Å². The molecule has 0 N–H and O–H groups in total. The predicted octanol–water partition coefficient (Wildman–Crippen LogP) is 3.36. The van der Waals surface area contributed by atoms with Gasteiger partial charge in [-0.3, -0.25) is 9.59 Å². The summed E-state index contributed by atoms with van der Waals surface area (Å²) in [6.07, 6.45) is 6.42. The van der Waals surface area contributed by atoms with Crippen molar-refractivity contribution in [2.45, 2.75) is 83.7 Å².